The summed E-state index contributed by atoms with van der Waals surface area (Å²) in [4.78, 5) is 19.1. The van der Waals surface area contributed by atoms with Crippen LogP contribution in [0.5, 0.6) is 0 Å². The summed E-state index contributed by atoms with van der Waals surface area (Å²) in [6.07, 6.45) is 4.03. The van der Waals surface area contributed by atoms with Gasteiger partial charge < -0.3 is 10.1 Å². The minimum absolute atomic E-state index is 0.00498. The molecule has 2 aromatic rings. The molecule has 10 heteroatoms. The molecule has 0 fully saturated rings. The molecule has 0 aliphatic carbocycles. The molecule has 0 aliphatic heterocycles. The first kappa shape index (κ1) is 18.9. The first-order chi connectivity index (χ1) is 12.5. The number of aromatic nitrogens is 2. The number of nitriles is 1. The second-order valence-corrected chi connectivity index (χ2v) is 6.42. The number of nitrogens with zero attached hydrogens (tertiary/aromatic N) is 3. The van der Waals surface area contributed by atoms with Gasteiger partial charge in [-0.25, -0.2) is 27.9 Å². The predicted octanol–water partition coefficient (Wildman–Crippen LogP) is 1.66. The Bertz CT molecular complexity index is 935. The summed E-state index contributed by atoms with van der Waals surface area (Å²) < 4.78 is 31.5. The molecule has 0 bridgehead atoms. The van der Waals surface area contributed by atoms with Gasteiger partial charge in [-0.2, -0.15) is 5.26 Å². The molecule has 2 rings (SSSR count). The van der Waals surface area contributed by atoms with Gasteiger partial charge in [0.2, 0.25) is 5.95 Å². The van der Waals surface area contributed by atoms with E-state index in [4.69, 9.17) is 10.00 Å². The summed E-state index contributed by atoms with van der Waals surface area (Å²) in [6.45, 7) is 1.79. The van der Waals surface area contributed by atoms with Gasteiger partial charge in [-0.3, -0.25) is 0 Å². The second kappa shape index (κ2) is 8.59. The van der Waals surface area contributed by atoms with Crippen LogP contribution in [0, 0.1) is 11.3 Å². The fraction of sp³-hybridized carbons (Fsp3) is 0.125. The first-order valence-corrected chi connectivity index (χ1v) is 8.88. The Morgan fingerprint density at radius 2 is 1.92 bits per heavy atom. The molecule has 0 radical (unpaired) electrons. The number of rotatable bonds is 7. The summed E-state index contributed by atoms with van der Waals surface area (Å²) in [5, 5.41) is 11.7. The Labute approximate surface area is 150 Å². The van der Waals surface area contributed by atoms with E-state index < -0.39 is 16.0 Å². The maximum Gasteiger partial charge on any atom is 0.350 e. The number of anilines is 2. The van der Waals surface area contributed by atoms with Crippen molar-refractivity contribution in [2.45, 2.75) is 11.8 Å². The van der Waals surface area contributed by atoms with Crippen LogP contribution in [-0.4, -0.2) is 31.0 Å². The van der Waals surface area contributed by atoms with Gasteiger partial charge >= 0.3 is 5.97 Å². The fourth-order valence-electron chi connectivity index (χ4n) is 1.76. The zero-order valence-electron chi connectivity index (χ0n) is 13.7. The van der Waals surface area contributed by atoms with Crippen molar-refractivity contribution in [3.8, 4) is 6.07 Å². The van der Waals surface area contributed by atoms with Gasteiger partial charge in [-0.1, -0.05) is 0 Å². The highest BCUT2D eigenvalue weighted by Gasteiger charge is 2.15. The normalized spacial score (nSPS) is 11.3. The SMILES string of the molecule is CCOC(=O)/C(C#N)=C/Nc1ccc(S(=O)(=O)Nc2ncccn2)cc1. The average molecular weight is 373 g/mol. The average Bonchev–Trinajstić information content (AvgIpc) is 2.63. The summed E-state index contributed by atoms with van der Waals surface area (Å²) in [5.41, 5.74) is 0.281. The number of sulfonamides is 1. The van der Waals surface area contributed by atoms with Crippen molar-refractivity contribution in [3.05, 3.63) is 54.5 Å². The molecule has 0 amide bonds. The van der Waals surface area contributed by atoms with Crippen LogP contribution in [0.4, 0.5) is 11.6 Å². The smallest absolute Gasteiger partial charge is 0.350 e. The van der Waals surface area contributed by atoms with Crippen molar-refractivity contribution in [3.63, 3.8) is 0 Å². The Morgan fingerprint density at radius 3 is 2.50 bits per heavy atom. The minimum atomic E-state index is -3.83. The lowest BCUT2D eigenvalue weighted by molar-refractivity contribution is -0.138. The van der Waals surface area contributed by atoms with E-state index in [1.807, 2.05) is 0 Å². The molecule has 2 N–H and O–H groups in total. The van der Waals surface area contributed by atoms with Gasteiger partial charge in [-0.15, -0.1) is 0 Å². The lowest BCUT2D eigenvalue weighted by Gasteiger charge is -2.07. The number of esters is 1. The topological polar surface area (TPSA) is 134 Å². The van der Waals surface area contributed by atoms with Crippen molar-refractivity contribution in [2.24, 2.45) is 0 Å². The largest absolute Gasteiger partial charge is 0.462 e. The Kier molecular flexibility index (Phi) is 6.24. The van der Waals surface area contributed by atoms with E-state index in [1.54, 1.807) is 19.1 Å². The van der Waals surface area contributed by atoms with Crippen LogP contribution in [0.2, 0.25) is 0 Å². The number of hydrogen-bond acceptors (Lipinski definition) is 8. The molecule has 1 heterocycles. The highest BCUT2D eigenvalue weighted by Crippen LogP contribution is 2.16. The lowest BCUT2D eigenvalue weighted by Crippen LogP contribution is -2.14. The standard InChI is InChI=1S/C16H15N5O4S/c1-2-25-15(22)12(10-17)11-20-13-4-6-14(7-5-13)26(23,24)21-16-18-8-3-9-19-16/h3-9,11,20H,2H2,1H3,(H,18,19,21)/b12-11+. The van der Waals surface area contributed by atoms with Crippen LogP contribution in [0.25, 0.3) is 0 Å². The van der Waals surface area contributed by atoms with Crippen LogP contribution in [0.1, 0.15) is 6.92 Å². The Morgan fingerprint density at radius 1 is 1.27 bits per heavy atom. The maximum atomic E-state index is 12.3. The summed E-state index contributed by atoms with van der Waals surface area (Å²) >= 11 is 0. The van der Waals surface area contributed by atoms with Crippen molar-refractivity contribution in [2.75, 3.05) is 16.6 Å². The van der Waals surface area contributed by atoms with E-state index in [1.165, 1.54) is 42.9 Å². The summed E-state index contributed by atoms with van der Waals surface area (Å²) in [5.74, 6) is -0.778. The third kappa shape index (κ3) is 5.02. The molecular formula is C16H15N5O4S. The van der Waals surface area contributed by atoms with E-state index in [-0.39, 0.29) is 23.0 Å². The van der Waals surface area contributed by atoms with E-state index in [0.29, 0.717) is 5.69 Å². The van der Waals surface area contributed by atoms with E-state index in [0.717, 1.165) is 0 Å². The van der Waals surface area contributed by atoms with E-state index in [9.17, 15) is 13.2 Å². The maximum absolute atomic E-state index is 12.3. The predicted molar refractivity (Wildman–Crippen MR) is 93.2 cm³/mol. The summed E-state index contributed by atoms with van der Waals surface area (Å²) in [7, 11) is -3.83. The molecule has 1 aromatic heterocycles. The van der Waals surface area contributed by atoms with Crippen LogP contribution in [0.15, 0.2) is 59.4 Å². The van der Waals surface area contributed by atoms with Gasteiger partial charge in [0.1, 0.15) is 6.07 Å². The number of nitrogens with one attached hydrogen (secondary N) is 2. The van der Waals surface area contributed by atoms with E-state index in [2.05, 4.69) is 20.0 Å². The number of benzene rings is 1. The Hall–Kier alpha value is -3.45. The molecule has 0 saturated heterocycles. The zero-order valence-corrected chi connectivity index (χ0v) is 14.5. The van der Waals surface area contributed by atoms with Crippen LogP contribution < -0.4 is 10.0 Å². The van der Waals surface area contributed by atoms with Crippen molar-refractivity contribution < 1.29 is 17.9 Å². The van der Waals surface area contributed by atoms with Crippen molar-refractivity contribution in [1.29, 1.82) is 5.26 Å². The fourth-order valence-corrected chi connectivity index (χ4v) is 2.72. The van der Waals surface area contributed by atoms with Gasteiger partial charge in [-0.05, 0) is 37.3 Å². The third-order valence-corrected chi connectivity index (χ3v) is 4.30. The molecule has 1 aromatic carbocycles. The molecule has 26 heavy (non-hydrogen) atoms. The quantitative estimate of drug-likeness (QED) is 0.425. The molecule has 134 valence electrons. The lowest BCUT2D eigenvalue weighted by atomic mass is 10.3. The van der Waals surface area contributed by atoms with Crippen LogP contribution >= 0.6 is 0 Å². The minimum Gasteiger partial charge on any atom is -0.462 e. The molecule has 0 spiro atoms. The zero-order chi connectivity index (χ0) is 19.0. The second-order valence-electron chi connectivity index (χ2n) is 4.74. The summed E-state index contributed by atoms with van der Waals surface area (Å²) in [6, 6.07) is 8.98. The molecule has 0 aliphatic rings. The number of ether oxygens (including phenoxy) is 1. The van der Waals surface area contributed by atoms with Gasteiger partial charge in [0.15, 0.2) is 5.57 Å². The molecule has 0 saturated carbocycles. The number of carbonyl (C=O) groups excluding carboxylic acids is 1. The Balaban J connectivity index is 2.10. The van der Waals surface area contributed by atoms with Crippen LogP contribution in [-0.2, 0) is 19.6 Å². The van der Waals surface area contributed by atoms with Crippen LogP contribution in [0.3, 0.4) is 0 Å². The highest BCUT2D eigenvalue weighted by molar-refractivity contribution is 7.92. The first-order valence-electron chi connectivity index (χ1n) is 7.40. The molecule has 0 atom stereocenters. The third-order valence-electron chi connectivity index (χ3n) is 2.96. The molecule has 9 nitrogen and oxygen atoms in total. The molecule has 0 unspecified atom stereocenters. The number of hydrogen-bond donors (Lipinski definition) is 2. The highest BCUT2D eigenvalue weighted by atomic mass is 32.2. The number of carbonyl (C=O) groups is 1. The van der Waals surface area contributed by atoms with Crippen molar-refractivity contribution in [1.82, 2.24) is 9.97 Å². The van der Waals surface area contributed by atoms with Gasteiger partial charge in [0.25, 0.3) is 10.0 Å². The molecular weight excluding hydrogens is 358 g/mol. The van der Waals surface area contributed by atoms with Gasteiger partial charge in [0.05, 0.1) is 11.5 Å². The van der Waals surface area contributed by atoms with Gasteiger partial charge in [0, 0.05) is 24.3 Å². The monoisotopic (exact) mass is 373 g/mol. The van der Waals surface area contributed by atoms with E-state index >= 15 is 0 Å². The van der Waals surface area contributed by atoms with Crippen molar-refractivity contribution >= 4 is 27.6 Å².